The van der Waals surface area contributed by atoms with Crippen molar-refractivity contribution in [2.75, 3.05) is 0 Å². The summed E-state index contributed by atoms with van der Waals surface area (Å²) in [5.74, 6) is -1.68. The van der Waals surface area contributed by atoms with Crippen molar-refractivity contribution in [1.82, 2.24) is 0 Å². The van der Waals surface area contributed by atoms with Gasteiger partial charge in [0.15, 0.2) is 0 Å². The van der Waals surface area contributed by atoms with Crippen molar-refractivity contribution in [2.24, 2.45) is 5.73 Å². The molecular weight excluding hydrogens is 293 g/mol. The Morgan fingerprint density at radius 2 is 1.62 bits per heavy atom. The summed E-state index contributed by atoms with van der Waals surface area (Å²) in [4.78, 5) is 29.0. The zero-order valence-corrected chi connectivity index (χ0v) is 13.6. The standard InChI is InChI=1S/C14H28NO5P/c1-2-3-4-5-6-7-8-9-10-11-12-14(15,13(16)17)21(18,19)20/h10-11H,2-9,12,15H2,1H3,(H,16,17)(H2,18,19,20)/b11-10+. The molecule has 0 aromatic carbocycles. The molecule has 0 aliphatic heterocycles. The quantitative estimate of drug-likeness (QED) is 0.249. The van der Waals surface area contributed by atoms with E-state index in [9.17, 15) is 9.36 Å². The highest BCUT2D eigenvalue weighted by Crippen LogP contribution is 2.49. The largest absolute Gasteiger partial charge is 0.479 e. The zero-order chi connectivity index (χ0) is 16.4. The molecule has 0 amide bonds. The number of carboxylic acid groups (broad SMARTS) is 1. The maximum atomic E-state index is 11.1. The molecule has 0 spiro atoms. The van der Waals surface area contributed by atoms with E-state index in [1.54, 1.807) is 6.08 Å². The topological polar surface area (TPSA) is 121 Å². The first-order chi connectivity index (χ1) is 9.75. The first-order valence-corrected chi connectivity index (χ1v) is 9.10. The number of allylic oxidation sites excluding steroid dienone is 1. The fourth-order valence-electron chi connectivity index (χ4n) is 1.93. The number of carbonyl (C=O) groups is 1. The van der Waals surface area contributed by atoms with Crippen LogP contribution in [0.15, 0.2) is 12.2 Å². The number of hydrogen-bond acceptors (Lipinski definition) is 3. The first kappa shape index (κ1) is 20.3. The molecule has 0 saturated carbocycles. The van der Waals surface area contributed by atoms with Gasteiger partial charge in [0, 0.05) is 6.42 Å². The molecule has 1 unspecified atom stereocenters. The van der Waals surface area contributed by atoms with E-state index in [0.717, 1.165) is 19.3 Å². The van der Waals surface area contributed by atoms with E-state index < -0.39 is 18.8 Å². The van der Waals surface area contributed by atoms with Crippen molar-refractivity contribution in [2.45, 2.75) is 70.0 Å². The molecule has 5 N–H and O–H groups in total. The van der Waals surface area contributed by atoms with Crippen LogP contribution in [0.1, 0.15) is 64.7 Å². The average molecular weight is 321 g/mol. The third-order valence-electron chi connectivity index (χ3n) is 3.46. The number of hydrogen-bond donors (Lipinski definition) is 4. The number of rotatable bonds is 12. The molecule has 1 atom stereocenters. The van der Waals surface area contributed by atoms with Gasteiger partial charge in [-0.25, -0.2) is 4.79 Å². The van der Waals surface area contributed by atoms with Crippen LogP contribution in [-0.4, -0.2) is 26.1 Å². The molecule has 0 aromatic heterocycles. The lowest BCUT2D eigenvalue weighted by molar-refractivity contribution is -0.140. The lowest BCUT2D eigenvalue weighted by Crippen LogP contribution is -2.47. The fraction of sp³-hybridized carbons (Fsp3) is 0.786. The molecule has 0 aromatic rings. The van der Waals surface area contributed by atoms with Gasteiger partial charge in [-0.05, 0) is 12.8 Å². The van der Waals surface area contributed by atoms with Gasteiger partial charge in [-0.2, -0.15) is 0 Å². The van der Waals surface area contributed by atoms with Crippen LogP contribution < -0.4 is 5.73 Å². The number of unbranched alkanes of at least 4 members (excludes halogenated alkanes) is 7. The minimum atomic E-state index is -4.89. The molecule has 7 heteroatoms. The molecule has 0 radical (unpaired) electrons. The second-order valence-electron chi connectivity index (χ2n) is 5.36. The van der Waals surface area contributed by atoms with Crippen LogP contribution in [-0.2, 0) is 9.36 Å². The molecule has 0 aliphatic rings. The molecule has 0 aliphatic carbocycles. The fourth-order valence-corrected chi connectivity index (χ4v) is 2.52. The Morgan fingerprint density at radius 1 is 1.10 bits per heavy atom. The summed E-state index contributed by atoms with van der Waals surface area (Å²) in [6.07, 6.45) is 11.9. The van der Waals surface area contributed by atoms with Gasteiger partial charge in [0.1, 0.15) is 0 Å². The van der Waals surface area contributed by atoms with Crippen molar-refractivity contribution in [3.05, 3.63) is 12.2 Å². The lowest BCUT2D eigenvalue weighted by Gasteiger charge is -2.23. The highest BCUT2D eigenvalue weighted by molar-refractivity contribution is 7.54. The highest BCUT2D eigenvalue weighted by atomic mass is 31.2. The second-order valence-corrected chi connectivity index (χ2v) is 7.25. The average Bonchev–Trinajstić information content (AvgIpc) is 2.39. The summed E-state index contributed by atoms with van der Waals surface area (Å²) < 4.78 is 11.1. The maximum Gasteiger partial charge on any atom is 0.357 e. The molecule has 6 nitrogen and oxygen atoms in total. The molecule has 0 bridgehead atoms. The monoisotopic (exact) mass is 321 g/mol. The van der Waals surface area contributed by atoms with E-state index >= 15 is 0 Å². The van der Waals surface area contributed by atoms with Crippen molar-refractivity contribution in [1.29, 1.82) is 0 Å². The Kier molecular flexibility index (Phi) is 9.79. The number of nitrogens with two attached hydrogens (primary N) is 1. The summed E-state index contributed by atoms with van der Waals surface area (Å²) in [7, 11) is -4.89. The van der Waals surface area contributed by atoms with Crippen molar-refractivity contribution in [3.63, 3.8) is 0 Å². The SMILES string of the molecule is CCCCCCCCC/C=C/CC(N)(C(=O)O)P(=O)(O)O. The van der Waals surface area contributed by atoms with Crippen LogP contribution >= 0.6 is 7.60 Å². The van der Waals surface area contributed by atoms with Crippen LogP contribution in [0.3, 0.4) is 0 Å². The minimum Gasteiger partial charge on any atom is -0.479 e. The van der Waals surface area contributed by atoms with E-state index in [1.165, 1.54) is 38.2 Å². The first-order valence-electron chi connectivity index (χ1n) is 7.48. The van der Waals surface area contributed by atoms with E-state index in [2.05, 4.69) is 6.92 Å². The van der Waals surface area contributed by atoms with Gasteiger partial charge in [0.25, 0.3) is 0 Å². The summed E-state index contributed by atoms with van der Waals surface area (Å²) in [6.45, 7) is 2.18. The third kappa shape index (κ3) is 7.77. The number of aliphatic carboxylic acids is 1. The van der Waals surface area contributed by atoms with Gasteiger partial charge in [-0.15, -0.1) is 0 Å². The molecule has 124 valence electrons. The normalized spacial score (nSPS) is 15.2. The summed E-state index contributed by atoms with van der Waals surface area (Å²) in [5, 5.41) is 6.34. The molecular formula is C14H28NO5P. The molecule has 0 saturated heterocycles. The third-order valence-corrected chi connectivity index (χ3v) is 4.87. The van der Waals surface area contributed by atoms with Crippen molar-refractivity contribution in [3.8, 4) is 0 Å². The van der Waals surface area contributed by atoms with Gasteiger partial charge in [-0.1, -0.05) is 57.6 Å². The molecule has 0 heterocycles. The van der Waals surface area contributed by atoms with Crippen molar-refractivity contribution >= 4 is 13.6 Å². The van der Waals surface area contributed by atoms with Crippen LogP contribution in [0.5, 0.6) is 0 Å². The van der Waals surface area contributed by atoms with Crippen molar-refractivity contribution < 1.29 is 24.3 Å². The van der Waals surface area contributed by atoms with E-state index in [1.807, 2.05) is 0 Å². The van der Waals surface area contributed by atoms with Gasteiger partial charge in [0.2, 0.25) is 5.28 Å². The summed E-state index contributed by atoms with van der Waals surface area (Å²) >= 11 is 0. The van der Waals surface area contributed by atoms with E-state index in [4.69, 9.17) is 20.6 Å². The van der Waals surface area contributed by atoms with Gasteiger partial charge < -0.3 is 20.6 Å². The van der Waals surface area contributed by atoms with E-state index in [0.29, 0.717) is 0 Å². The van der Waals surface area contributed by atoms with Crippen LogP contribution in [0.2, 0.25) is 0 Å². The van der Waals surface area contributed by atoms with Gasteiger partial charge in [-0.3, -0.25) is 4.57 Å². The lowest BCUT2D eigenvalue weighted by atomic mass is 10.1. The van der Waals surface area contributed by atoms with Crippen LogP contribution in [0.25, 0.3) is 0 Å². The van der Waals surface area contributed by atoms with Crippen LogP contribution in [0, 0.1) is 0 Å². The smallest absolute Gasteiger partial charge is 0.357 e. The Morgan fingerprint density at radius 3 is 2.10 bits per heavy atom. The molecule has 0 rings (SSSR count). The zero-order valence-electron chi connectivity index (χ0n) is 12.7. The predicted molar refractivity (Wildman–Crippen MR) is 83.0 cm³/mol. The van der Waals surface area contributed by atoms with Gasteiger partial charge >= 0.3 is 13.6 Å². The Labute approximate surface area is 126 Å². The Balaban J connectivity index is 3.94. The van der Waals surface area contributed by atoms with E-state index in [-0.39, 0.29) is 6.42 Å². The maximum absolute atomic E-state index is 11.1. The minimum absolute atomic E-state index is 0.372. The number of carboxylic acids is 1. The second kappa shape index (κ2) is 10.1. The van der Waals surface area contributed by atoms with Gasteiger partial charge in [0.05, 0.1) is 0 Å². The summed E-state index contributed by atoms with van der Waals surface area (Å²) in [6, 6.07) is 0. The van der Waals surface area contributed by atoms with Crippen LogP contribution in [0.4, 0.5) is 0 Å². The molecule has 21 heavy (non-hydrogen) atoms. The summed E-state index contributed by atoms with van der Waals surface area (Å²) in [5.41, 5.74) is 5.31. The predicted octanol–water partition coefficient (Wildman–Crippen LogP) is 2.99. The highest BCUT2D eigenvalue weighted by Gasteiger charge is 2.49. The molecule has 0 fully saturated rings. The Bertz CT molecular complexity index is 380. The Hall–Kier alpha value is -0.680.